The lowest BCUT2D eigenvalue weighted by Gasteiger charge is -2.20. The maximum atomic E-state index is 4.51. The third-order valence-electron chi connectivity index (χ3n) is 2.53. The Bertz CT molecular complexity index is 296. The van der Waals surface area contributed by atoms with Crippen molar-refractivity contribution in [3.63, 3.8) is 0 Å². The van der Waals surface area contributed by atoms with E-state index in [1.165, 1.54) is 30.5 Å². The van der Waals surface area contributed by atoms with E-state index in [0.29, 0.717) is 5.92 Å². The zero-order chi connectivity index (χ0) is 8.55. The molecule has 1 aromatic rings. The van der Waals surface area contributed by atoms with Gasteiger partial charge in [0.2, 0.25) is 0 Å². The third-order valence-corrected chi connectivity index (χ3v) is 2.97. The molecule has 0 N–H and O–H groups in total. The highest BCUT2D eigenvalue weighted by atomic mass is 79.9. The van der Waals surface area contributed by atoms with Crippen molar-refractivity contribution in [1.29, 1.82) is 0 Å². The van der Waals surface area contributed by atoms with Crippen molar-refractivity contribution < 1.29 is 0 Å². The number of pyridine rings is 1. The van der Waals surface area contributed by atoms with E-state index in [9.17, 15) is 0 Å². The third kappa shape index (κ3) is 1.40. The van der Waals surface area contributed by atoms with E-state index in [-0.39, 0.29) is 0 Å². The zero-order valence-electron chi connectivity index (χ0n) is 7.18. The highest BCUT2D eigenvalue weighted by Gasteiger charge is 2.17. The van der Waals surface area contributed by atoms with Crippen molar-refractivity contribution >= 4 is 15.9 Å². The number of hydrogen-bond acceptors (Lipinski definition) is 1. The second-order valence-corrected chi connectivity index (χ2v) is 4.28. The van der Waals surface area contributed by atoms with Crippen LogP contribution in [0.15, 0.2) is 16.7 Å². The van der Waals surface area contributed by atoms with Gasteiger partial charge in [-0.25, -0.2) is 4.98 Å². The van der Waals surface area contributed by atoms with Gasteiger partial charge in [-0.15, -0.1) is 0 Å². The molecule has 1 atom stereocenters. The van der Waals surface area contributed by atoms with E-state index >= 15 is 0 Å². The van der Waals surface area contributed by atoms with Crippen LogP contribution in [0.3, 0.4) is 0 Å². The van der Waals surface area contributed by atoms with Crippen LogP contribution in [0.2, 0.25) is 0 Å². The first-order valence-corrected chi connectivity index (χ1v) is 5.22. The molecule has 64 valence electrons. The molecule has 0 bridgehead atoms. The fourth-order valence-corrected chi connectivity index (χ4v) is 2.18. The van der Waals surface area contributed by atoms with Crippen molar-refractivity contribution in [1.82, 2.24) is 4.98 Å². The van der Waals surface area contributed by atoms with E-state index in [1.54, 1.807) is 0 Å². The van der Waals surface area contributed by atoms with E-state index in [1.807, 2.05) is 6.07 Å². The van der Waals surface area contributed by atoms with Crippen LogP contribution in [-0.2, 0) is 6.42 Å². The van der Waals surface area contributed by atoms with Gasteiger partial charge in [0, 0.05) is 5.69 Å². The maximum Gasteiger partial charge on any atom is 0.106 e. The first-order valence-electron chi connectivity index (χ1n) is 4.42. The standard InChI is InChI=1S/C10H12BrN/c1-7-3-2-4-8-5-6-9(11)12-10(7)8/h5-7H,2-4H2,1H3/t7-/m0/s1. The van der Waals surface area contributed by atoms with Crippen molar-refractivity contribution in [3.05, 3.63) is 28.0 Å². The molecule has 12 heavy (non-hydrogen) atoms. The molecule has 0 saturated carbocycles. The fourth-order valence-electron chi connectivity index (χ4n) is 1.85. The maximum absolute atomic E-state index is 4.51. The van der Waals surface area contributed by atoms with Gasteiger partial charge in [-0.05, 0) is 52.7 Å². The minimum atomic E-state index is 0.645. The van der Waals surface area contributed by atoms with Gasteiger partial charge in [-0.3, -0.25) is 0 Å². The van der Waals surface area contributed by atoms with Gasteiger partial charge in [0.25, 0.3) is 0 Å². The van der Waals surface area contributed by atoms with E-state index in [4.69, 9.17) is 0 Å². The predicted octanol–water partition coefficient (Wildman–Crippen LogP) is 3.28. The normalized spacial score (nSPS) is 22.0. The topological polar surface area (TPSA) is 12.9 Å². The van der Waals surface area contributed by atoms with E-state index in [2.05, 4.69) is 33.9 Å². The highest BCUT2D eigenvalue weighted by molar-refractivity contribution is 9.10. The van der Waals surface area contributed by atoms with Crippen molar-refractivity contribution in [2.24, 2.45) is 0 Å². The highest BCUT2D eigenvalue weighted by Crippen LogP contribution is 2.30. The van der Waals surface area contributed by atoms with E-state index in [0.717, 1.165) is 4.60 Å². The average Bonchev–Trinajstić information content (AvgIpc) is 2.07. The summed E-state index contributed by atoms with van der Waals surface area (Å²) in [6.45, 7) is 2.26. The first-order chi connectivity index (χ1) is 5.77. The van der Waals surface area contributed by atoms with Crippen LogP contribution in [-0.4, -0.2) is 4.98 Å². The lowest BCUT2D eigenvalue weighted by Crippen LogP contribution is -2.09. The Labute approximate surface area is 81.3 Å². The molecular formula is C10H12BrN. The first kappa shape index (κ1) is 8.24. The van der Waals surface area contributed by atoms with Gasteiger partial charge in [-0.2, -0.15) is 0 Å². The fraction of sp³-hybridized carbons (Fsp3) is 0.500. The zero-order valence-corrected chi connectivity index (χ0v) is 8.76. The minimum Gasteiger partial charge on any atom is -0.245 e. The summed E-state index contributed by atoms with van der Waals surface area (Å²) in [6.07, 6.45) is 3.81. The summed E-state index contributed by atoms with van der Waals surface area (Å²) in [6, 6.07) is 4.24. The van der Waals surface area contributed by atoms with Gasteiger partial charge in [0.05, 0.1) is 0 Å². The molecule has 2 rings (SSSR count). The molecule has 0 saturated heterocycles. The Kier molecular flexibility index (Phi) is 2.18. The molecular weight excluding hydrogens is 214 g/mol. The summed E-state index contributed by atoms with van der Waals surface area (Å²) < 4.78 is 0.968. The average molecular weight is 226 g/mol. The van der Waals surface area contributed by atoms with Crippen molar-refractivity contribution in [3.8, 4) is 0 Å². The Hall–Kier alpha value is -0.370. The van der Waals surface area contributed by atoms with E-state index < -0.39 is 0 Å². The number of halogens is 1. The van der Waals surface area contributed by atoms with Gasteiger partial charge in [0.15, 0.2) is 0 Å². The molecule has 0 spiro atoms. The molecule has 1 nitrogen and oxygen atoms in total. The number of rotatable bonds is 0. The van der Waals surface area contributed by atoms with Gasteiger partial charge >= 0.3 is 0 Å². The molecule has 0 aliphatic heterocycles. The van der Waals surface area contributed by atoms with Crippen LogP contribution in [0.25, 0.3) is 0 Å². The Morgan fingerprint density at radius 2 is 2.33 bits per heavy atom. The largest absolute Gasteiger partial charge is 0.245 e. The van der Waals surface area contributed by atoms with Gasteiger partial charge in [0.1, 0.15) is 4.60 Å². The molecule has 1 aliphatic rings. The molecule has 1 aromatic heterocycles. The number of hydrogen-bond donors (Lipinski definition) is 0. The Morgan fingerprint density at radius 3 is 3.17 bits per heavy atom. The Balaban J connectivity index is 2.47. The summed E-state index contributed by atoms with van der Waals surface area (Å²) in [5.41, 5.74) is 2.74. The lowest BCUT2D eigenvalue weighted by molar-refractivity contribution is 0.572. The van der Waals surface area contributed by atoms with Crippen LogP contribution in [0, 0.1) is 0 Å². The molecule has 2 heteroatoms. The molecule has 0 fully saturated rings. The molecule has 0 aromatic carbocycles. The summed E-state index contributed by atoms with van der Waals surface area (Å²) in [4.78, 5) is 4.51. The second kappa shape index (κ2) is 3.17. The van der Waals surface area contributed by atoms with Gasteiger partial charge < -0.3 is 0 Å². The molecule has 0 amide bonds. The summed E-state index contributed by atoms with van der Waals surface area (Å²) in [5.74, 6) is 0.645. The van der Waals surface area contributed by atoms with Crippen LogP contribution in [0.1, 0.15) is 36.9 Å². The number of aryl methyl sites for hydroxylation is 1. The smallest absolute Gasteiger partial charge is 0.106 e. The lowest BCUT2D eigenvalue weighted by atomic mass is 9.88. The molecule has 0 radical (unpaired) electrons. The van der Waals surface area contributed by atoms with Crippen LogP contribution < -0.4 is 0 Å². The minimum absolute atomic E-state index is 0.645. The quantitative estimate of drug-likeness (QED) is 0.618. The second-order valence-electron chi connectivity index (χ2n) is 3.47. The Morgan fingerprint density at radius 1 is 1.50 bits per heavy atom. The van der Waals surface area contributed by atoms with Crippen molar-refractivity contribution in [2.45, 2.75) is 32.1 Å². The van der Waals surface area contributed by atoms with Crippen molar-refractivity contribution in [2.75, 3.05) is 0 Å². The monoisotopic (exact) mass is 225 g/mol. The number of aromatic nitrogens is 1. The SMILES string of the molecule is C[C@H]1CCCc2ccc(Br)nc21. The summed E-state index contributed by atoms with van der Waals surface area (Å²) in [7, 11) is 0. The van der Waals surface area contributed by atoms with Crippen LogP contribution >= 0.6 is 15.9 Å². The molecule has 1 aliphatic carbocycles. The number of nitrogens with zero attached hydrogens (tertiary/aromatic N) is 1. The predicted molar refractivity (Wildman–Crippen MR) is 53.3 cm³/mol. The summed E-state index contributed by atoms with van der Waals surface area (Å²) in [5, 5.41) is 0. The molecule has 0 unspecified atom stereocenters. The molecule has 1 heterocycles. The van der Waals surface area contributed by atoms with Gasteiger partial charge in [-0.1, -0.05) is 13.0 Å². The van der Waals surface area contributed by atoms with Crippen LogP contribution in [0.5, 0.6) is 0 Å². The number of fused-ring (bicyclic) bond motifs is 1. The summed E-state index contributed by atoms with van der Waals surface area (Å²) >= 11 is 3.41. The van der Waals surface area contributed by atoms with Crippen LogP contribution in [0.4, 0.5) is 0 Å².